The minimum atomic E-state index is -1.72. The molecule has 0 bridgehead atoms. The van der Waals surface area contributed by atoms with E-state index in [-0.39, 0.29) is 28.3 Å². The van der Waals surface area contributed by atoms with Gasteiger partial charge in [0.2, 0.25) is 5.24 Å². The smallest absolute Gasteiger partial charge is 0.477 e. The summed E-state index contributed by atoms with van der Waals surface area (Å²) in [6, 6.07) is 34.5. The van der Waals surface area contributed by atoms with Crippen molar-refractivity contribution in [3.63, 3.8) is 0 Å². The van der Waals surface area contributed by atoms with E-state index in [0.717, 1.165) is 64.6 Å². The minimum Gasteiger partial charge on any atom is -0.477 e. The summed E-state index contributed by atoms with van der Waals surface area (Å²) in [5.74, 6) is -1.89. The van der Waals surface area contributed by atoms with E-state index in [0.29, 0.717) is 66.6 Å². The summed E-state index contributed by atoms with van der Waals surface area (Å²) in [5, 5.41) is 8.85. The van der Waals surface area contributed by atoms with E-state index in [1.165, 1.54) is 33.4 Å². The number of nitrogens with one attached hydrogen (secondary N) is 4. The molecule has 0 saturated heterocycles. The van der Waals surface area contributed by atoms with Crippen molar-refractivity contribution in [1.82, 2.24) is 19.9 Å². The van der Waals surface area contributed by atoms with Crippen LogP contribution in [0.1, 0.15) is 151 Å². The number of halogens is 6. The SMILES string of the molecule is CCOC(=O)c1[nH]cc(C(=O)Cc2ccc(C)cc2)c1C.CCOC(=O)c1[nH]cc(CCc2ccc(C)cc2)c1C.CCOC(=O)c1[nH]ccc1C.Cc1ccc(CC(=O)Cl)cc1.Cc1ccc(CCc2c[nH]c(C(=O)O)c2C)cc1.ClCCl.[Cl][Al]([Cl])[Cl]. The van der Waals surface area contributed by atoms with Crippen LogP contribution in [0.15, 0.2) is 128 Å². The minimum absolute atomic E-state index is 0.0110. The van der Waals surface area contributed by atoms with Gasteiger partial charge in [-0.15, -0.1) is 23.2 Å². The highest BCUT2D eigenvalue weighted by Crippen LogP contribution is 2.20. The van der Waals surface area contributed by atoms with Crippen molar-refractivity contribution in [3.05, 3.63) is 234 Å². The molecule has 4 aromatic carbocycles. The number of hydrogen-bond acceptors (Lipinski definition) is 9. The maximum absolute atomic E-state index is 12.3. The first-order chi connectivity index (χ1) is 41.8. The number of aryl methyl sites for hydroxylation is 9. The molecule has 0 aliphatic heterocycles. The topological polar surface area (TPSA) is 213 Å². The van der Waals surface area contributed by atoms with E-state index in [2.05, 4.69) is 82.3 Å². The molecule has 0 fully saturated rings. The Morgan fingerprint density at radius 3 is 1.11 bits per heavy atom. The number of benzene rings is 4. The molecule has 88 heavy (non-hydrogen) atoms. The Balaban J connectivity index is 0.000000372. The molecular weight excluding hydrogens is 1260 g/mol. The van der Waals surface area contributed by atoms with E-state index < -0.39 is 23.3 Å². The lowest BCUT2D eigenvalue weighted by atomic mass is 10.0. The number of aromatic carboxylic acids is 1. The van der Waals surface area contributed by atoms with Gasteiger partial charge in [0.25, 0.3) is 0 Å². The lowest BCUT2D eigenvalue weighted by Gasteiger charge is -2.03. The molecule has 8 aromatic rings. The molecule has 0 amide bonds. The van der Waals surface area contributed by atoms with Crippen LogP contribution in [0.5, 0.6) is 0 Å². The number of alkyl halides is 2. The first-order valence-electron chi connectivity index (χ1n) is 28.2. The summed E-state index contributed by atoms with van der Waals surface area (Å²) in [7, 11) is 14.8. The number of carboxylic acid groups (broad SMARTS) is 1. The standard InChI is InChI=1S/C17H19NO3.C17H21NO2.C15H17NO2.C9H9ClO.C8H11NO2.CH2Cl2.Al.3ClH/c1-4-21-17(20)16-12(3)14(10-18-16)15(19)9-13-7-5-11(2)6-8-13;1-4-20-17(19)16-13(3)15(11-18-16)10-9-14-7-5-12(2)6-8-14;1-10-3-5-12(6-4-10)7-8-13-9-16-14(11(13)2)15(17)18;1-7-2-4-8(5-3-7)6-9(10)11;1-3-11-8(10)7-6(2)4-5-9-7;2-1-3;;;;/h5-8,10,18H,4,9H2,1-3H3;5-8,11,18H,4,9-10H2,1-3H3;3-6,9,16H,7-8H2,1-2H3,(H,17,18);2-5H,6H2,1H3;4-5,9H,3H2,1-2H3;1H2;;3*1H/q;;;;;;+3;;;/p-3. The lowest BCUT2D eigenvalue weighted by Crippen LogP contribution is -2.08. The number of carbonyl (C=O) groups is 6. The number of rotatable bonds is 18. The molecule has 4 heterocycles. The van der Waals surface area contributed by atoms with Crippen LogP contribution in [0.2, 0.25) is 0 Å². The number of carboxylic acids is 1. The van der Waals surface area contributed by atoms with Gasteiger partial charge >= 0.3 is 35.3 Å². The third-order valence-corrected chi connectivity index (χ3v) is 13.2. The maximum Gasteiger partial charge on any atom is 0.643 e. The predicted octanol–water partition coefficient (Wildman–Crippen LogP) is 16.9. The van der Waals surface area contributed by atoms with Gasteiger partial charge in [0, 0.05) is 43.2 Å². The third kappa shape index (κ3) is 29.2. The molecule has 14 nitrogen and oxygen atoms in total. The summed E-state index contributed by atoms with van der Waals surface area (Å²) in [6.45, 7) is 22.1. The molecule has 0 saturated carbocycles. The first-order valence-corrected chi connectivity index (χ1v) is 34.9. The number of esters is 3. The monoisotopic (exact) mass is 1340 g/mol. The van der Waals surface area contributed by atoms with E-state index in [4.69, 9.17) is 84.3 Å². The second kappa shape index (κ2) is 42.4. The van der Waals surface area contributed by atoms with Crippen LogP contribution < -0.4 is 0 Å². The van der Waals surface area contributed by atoms with Gasteiger partial charge in [0.05, 0.1) is 25.2 Å². The number of Topliss-reactive ketones (excluding diaryl/α,β-unsaturated/α-hetero) is 1. The number of hydrogen-bond donors (Lipinski definition) is 5. The van der Waals surface area contributed by atoms with Gasteiger partial charge in [0.15, 0.2) is 5.78 Å². The average molecular weight is 1340 g/mol. The van der Waals surface area contributed by atoms with Crippen LogP contribution in [-0.2, 0) is 57.5 Å². The highest BCUT2D eigenvalue weighted by molar-refractivity contribution is 7.54. The average Bonchev–Trinajstić information content (AvgIpc) is 3.73. The Morgan fingerprint density at radius 1 is 0.443 bits per heavy atom. The van der Waals surface area contributed by atoms with Crippen LogP contribution in [0.3, 0.4) is 0 Å². The number of carbonyl (C=O) groups excluding carboxylic acids is 5. The number of ether oxygens (including phenoxy) is 3. The highest BCUT2D eigenvalue weighted by Gasteiger charge is 2.20. The van der Waals surface area contributed by atoms with Gasteiger partial charge < -0.3 is 39.3 Å². The van der Waals surface area contributed by atoms with Crippen LogP contribution in [0, 0.1) is 55.4 Å². The van der Waals surface area contributed by atoms with Gasteiger partial charge in [0.1, 0.15) is 22.8 Å². The molecule has 0 spiro atoms. The second-order valence-electron chi connectivity index (χ2n) is 19.8. The Hall–Kier alpha value is -6.51. The Morgan fingerprint density at radius 2 is 0.773 bits per heavy atom. The Kier molecular flexibility index (Phi) is 37.4. The van der Waals surface area contributed by atoms with E-state index >= 15 is 0 Å². The maximum atomic E-state index is 12.3. The van der Waals surface area contributed by atoms with Crippen LogP contribution in [0.4, 0.5) is 0 Å². The van der Waals surface area contributed by atoms with Crippen molar-refractivity contribution >= 4 is 111 Å². The summed E-state index contributed by atoms with van der Waals surface area (Å²) < 4.78 is 14.8. The Bertz CT molecular complexity index is 3390. The quantitative estimate of drug-likeness (QED) is 0.0137. The van der Waals surface area contributed by atoms with Crippen molar-refractivity contribution < 1.29 is 48.1 Å². The van der Waals surface area contributed by atoms with Gasteiger partial charge in [-0.2, -0.15) is 0 Å². The third-order valence-electron chi connectivity index (χ3n) is 13.1. The molecule has 21 heteroatoms. The molecule has 8 rings (SSSR count). The molecule has 472 valence electrons. The summed E-state index contributed by atoms with van der Waals surface area (Å²) in [6.07, 6.45) is 11.3. The predicted molar refractivity (Wildman–Crippen MR) is 359 cm³/mol. The highest BCUT2D eigenvalue weighted by atomic mass is 35.8. The zero-order chi connectivity index (χ0) is 65.9. The number of ketones is 1. The lowest BCUT2D eigenvalue weighted by molar-refractivity contribution is -0.111. The largest absolute Gasteiger partial charge is 0.643 e. The van der Waals surface area contributed by atoms with Crippen molar-refractivity contribution in [2.45, 2.75) is 115 Å². The first kappa shape index (κ1) is 77.6. The fourth-order valence-electron chi connectivity index (χ4n) is 8.22. The fraction of sp³-hybridized carbons (Fsp3) is 0.313. The Labute approximate surface area is 549 Å². The molecule has 0 unspecified atom stereocenters. The normalized spacial score (nSPS) is 9.97. The number of aromatic amines is 4. The van der Waals surface area contributed by atoms with Gasteiger partial charge in [-0.3, -0.25) is 9.59 Å². The van der Waals surface area contributed by atoms with Crippen molar-refractivity contribution in [3.8, 4) is 0 Å². The summed E-state index contributed by atoms with van der Waals surface area (Å²) >= 11 is 13.0. The van der Waals surface area contributed by atoms with Crippen molar-refractivity contribution in [1.29, 1.82) is 0 Å². The molecule has 0 aliphatic rings. The summed E-state index contributed by atoms with van der Waals surface area (Å²) in [5.41, 5.74) is 17.4. The van der Waals surface area contributed by atoms with Gasteiger partial charge in [-0.05, 0) is 175 Å². The van der Waals surface area contributed by atoms with Gasteiger partial charge in [-0.1, -0.05) is 119 Å². The second-order valence-corrected chi connectivity index (χ2v) is 27.4. The molecule has 0 radical (unpaired) electrons. The van der Waals surface area contributed by atoms with E-state index in [9.17, 15) is 28.8 Å². The van der Waals surface area contributed by atoms with Crippen molar-refractivity contribution in [2.24, 2.45) is 0 Å². The van der Waals surface area contributed by atoms with Crippen LogP contribution in [0.25, 0.3) is 0 Å². The van der Waals surface area contributed by atoms with Crippen molar-refractivity contribution in [2.75, 3.05) is 25.2 Å². The molecule has 0 atom stereocenters. The molecule has 0 aliphatic carbocycles. The zero-order valence-corrected chi connectivity index (χ0v) is 57.4. The van der Waals surface area contributed by atoms with Crippen LogP contribution >= 0.6 is 65.0 Å². The molecule has 4 aromatic heterocycles. The number of aromatic nitrogens is 4. The van der Waals surface area contributed by atoms with Crippen LogP contribution in [-0.4, -0.2) is 96.5 Å². The zero-order valence-electron chi connectivity index (χ0n) is 51.7. The molecular formula is C67H79AlCl6N4O10. The fourth-order valence-corrected chi connectivity index (χ4v) is 8.37. The van der Waals surface area contributed by atoms with E-state index in [1.54, 1.807) is 39.4 Å². The molecule has 5 N–H and O–H groups in total. The number of H-pyrrole nitrogens is 4. The summed E-state index contributed by atoms with van der Waals surface area (Å²) in [4.78, 5) is 79.8. The van der Waals surface area contributed by atoms with Gasteiger partial charge in [-0.25, -0.2) is 49.3 Å². The van der Waals surface area contributed by atoms with E-state index in [1.807, 2.05) is 102 Å².